The largest absolute Gasteiger partial charge is 0.497 e. The standard InChI is InChI=1S/C15H25NO2/c1-5-14(11(2)3)16-10-15(17)12-6-8-13(18-4)9-7-12/h6-9,11,14-17H,5,10H2,1-4H3. The van der Waals surface area contributed by atoms with Gasteiger partial charge in [0, 0.05) is 12.6 Å². The van der Waals surface area contributed by atoms with Gasteiger partial charge in [-0.1, -0.05) is 32.9 Å². The summed E-state index contributed by atoms with van der Waals surface area (Å²) in [5.74, 6) is 1.39. The molecule has 18 heavy (non-hydrogen) atoms. The van der Waals surface area contributed by atoms with Crippen LogP contribution in [0.25, 0.3) is 0 Å². The zero-order valence-corrected chi connectivity index (χ0v) is 11.8. The van der Waals surface area contributed by atoms with Crippen molar-refractivity contribution in [3.8, 4) is 5.75 Å². The van der Waals surface area contributed by atoms with Gasteiger partial charge >= 0.3 is 0 Å². The molecule has 0 saturated carbocycles. The lowest BCUT2D eigenvalue weighted by Gasteiger charge is -2.22. The predicted octanol–water partition coefficient (Wildman–Crippen LogP) is 2.75. The topological polar surface area (TPSA) is 41.5 Å². The van der Waals surface area contributed by atoms with E-state index in [1.807, 2.05) is 24.3 Å². The van der Waals surface area contributed by atoms with Crippen LogP contribution in [0.2, 0.25) is 0 Å². The van der Waals surface area contributed by atoms with Gasteiger partial charge in [-0.2, -0.15) is 0 Å². The fourth-order valence-electron chi connectivity index (χ4n) is 2.06. The number of nitrogens with one attached hydrogen (secondary N) is 1. The van der Waals surface area contributed by atoms with Crippen LogP contribution in [0.3, 0.4) is 0 Å². The Bertz CT molecular complexity index is 335. The van der Waals surface area contributed by atoms with Gasteiger partial charge in [-0.05, 0) is 30.0 Å². The van der Waals surface area contributed by atoms with Gasteiger partial charge in [0.05, 0.1) is 13.2 Å². The van der Waals surface area contributed by atoms with Crippen LogP contribution in [0, 0.1) is 5.92 Å². The van der Waals surface area contributed by atoms with E-state index in [0.717, 1.165) is 17.7 Å². The summed E-state index contributed by atoms with van der Waals surface area (Å²) in [6, 6.07) is 8.01. The van der Waals surface area contributed by atoms with Crippen molar-refractivity contribution in [2.75, 3.05) is 13.7 Å². The summed E-state index contributed by atoms with van der Waals surface area (Å²) in [6.45, 7) is 7.14. The summed E-state index contributed by atoms with van der Waals surface area (Å²) < 4.78 is 5.10. The monoisotopic (exact) mass is 251 g/mol. The molecule has 0 heterocycles. The number of hydrogen-bond acceptors (Lipinski definition) is 3. The highest BCUT2D eigenvalue weighted by atomic mass is 16.5. The number of methoxy groups -OCH3 is 1. The molecule has 0 spiro atoms. The van der Waals surface area contributed by atoms with Crippen molar-refractivity contribution in [2.24, 2.45) is 5.92 Å². The van der Waals surface area contributed by atoms with Crippen LogP contribution >= 0.6 is 0 Å². The first kappa shape index (κ1) is 15.0. The van der Waals surface area contributed by atoms with Crippen molar-refractivity contribution in [1.29, 1.82) is 0 Å². The van der Waals surface area contributed by atoms with Crippen molar-refractivity contribution in [2.45, 2.75) is 39.3 Å². The highest BCUT2D eigenvalue weighted by Crippen LogP contribution is 2.17. The summed E-state index contributed by atoms with van der Waals surface area (Å²) >= 11 is 0. The van der Waals surface area contributed by atoms with Crippen molar-refractivity contribution >= 4 is 0 Å². The number of ether oxygens (including phenoxy) is 1. The molecule has 0 radical (unpaired) electrons. The third-order valence-corrected chi connectivity index (χ3v) is 3.32. The van der Waals surface area contributed by atoms with E-state index in [-0.39, 0.29) is 0 Å². The fraction of sp³-hybridized carbons (Fsp3) is 0.600. The third kappa shape index (κ3) is 4.31. The summed E-state index contributed by atoms with van der Waals surface area (Å²) in [7, 11) is 1.64. The second kappa shape index (κ2) is 7.39. The molecule has 1 aromatic carbocycles. The molecule has 2 atom stereocenters. The minimum atomic E-state index is -0.469. The van der Waals surface area contributed by atoms with Crippen molar-refractivity contribution in [1.82, 2.24) is 5.32 Å². The maximum Gasteiger partial charge on any atom is 0.118 e. The van der Waals surface area contributed by atoms with E-state index in [1.54, 1.807) is 7.11 Å². The molecule has 0 fully saturated rings. The lowest BCUT2D eigenvalue weighted by Crippen LogP contribution is -2.36. The summed E-state index contributed by atoms with van der Waals surface area (Å²) in [6.07, 6.45) is 0.608. The van der Waals surface area contributed by atoms with E-state index >= 15 is 0 Å². The SMILES string of the molecule is CCC(NCC(O)c1ccc(OC)cc1)C(C)C. The molecule has 1 rings (SSSR count). The Morgan fingerprint density at radius 3 is 2.28 bits per heavy atom. The van der Waals surface area contributed by atoms with Gasteiger partial charge < -0.3 is 15.2 Å². The van der Waals surface area contributed by atoms with E-state index < -0.39 is 6.10 Å². The van der Waals surface area contributed by atoms with Crippen LogP contribution in [0.4, 0.5) is 0 Å². The maximum absolute atomic E-state index is 10.1. The minimum absolute atomic E-state index is 0.456. The van der Waals surface area contributed by atoms with Crippen LogP contribution < -0.4 is 10.1 Å². The average Bonchev–Trinajstić information content (AvgIpc) is 2.39. The fourth-order valence-corrected chi connectivity index (χ4v) is 2.06. The van der Waals surface area contributed by atoms with E-state index in [4.69, 9.17) is 4.74 Å². The third-order valence-electron chi connectivity index (χ3n) is 3.32. The summed E-state index contributed by atoms with van der Waals surface area (Å²) in [4.78, 5) is 0. The lowest BCUT2D eigenvalue weighted by molar-refractivity contribution is 0.165. The molecule has 0 bridgehead atoms. The molecule has 3 heteroatoms. The number of rotatable bonds is 7. The molecular formula is C15H25NO2. The molecule has 102 valence electrons. The molecule has 1 aromatic rings. The Labute approximate surface area is 110 Å². The first-order chi connectivity index (χ1) is 8.58. The first-order valence-electron chi connectivity index (χ1n) is 6.63. The molecule has 0 aliphatic rings. The first-order valence-corrected chi connectivity index (χ1v) is 6.63. The molecule has 0 amide bonds. The number of benzene rings is 1. The number of hydrogen-bond donors (Lipinski definition) is 2. The Morgan fingerprint density at radius 1 is 1.22 bits per heavy atom. The summed E-state index contributed by atoms with van der Waals surface area (Å²) in [5.41, 5.74) is 0.918. The van der Waals surface area contributed by atoms with Gasteiger partial charge in [0.25, 0.3) is 0 Å². The van der Waals surface area contributed by atoms with E-state index in [9.17, 15) is 5.11 Å². The Balaban J connectivity index is 2.51. The normalized spacial score (nSPS) is 14.6. The van der Waals surface area contributed by atoms with Gasteiger partial charge in [0.15, 0.2) is 0 Å². The number of aliphatic hydroxyl groups excluding tert-OH is 1. The van der Waals surface area contributed by atoms with Gasteiger partial charge in [0.2, 0.25) is 0 Å². The van der Waals surface area contributed by atoms with E-state index in [2.05, 4.69) is 26.1 Å². The predicted molar refractivity (Wildman–Crippen MR) is 74.9 cm³/mol. The van der Waals surface area contributed by atoms with Crippen LogP contribution in [0.5, 0.6) is 5.75 Å². The lowest BCUT2D eigenvalue weighted by atomic mass is 10.0. The smallest absolute Gasteiger partial charge is 0.118 e. The molecule has 0 aliphatic heterocycles. The summed E-state index contributed by atoms with van der Waals surface area (Å²) in [5, 5.41) is 13.5. The van der Waals surface area contributed by atoms with Crippen LogP contribution in [0.1, 0.15) is 38.9 Å². The second-order valence-electron chi connectivity index (χ2n) is 4.96. The molecule has 0 saturated heterocycles. The maximum atomic E-state index is 10.1. The van der Waals surface area contributed by atoms with Crippen LogP contribution in [-0.2, 0) is 0 Å². The average molecular weight is 251 g/mol. The Hall–Kier alpha value is -1.06. The second-order valence-corrected chi connectivity index (χ2v) is 4.96. The zero-order chi connectivity index (χ0) is 13.5. The van der Waals surface area contributed by atoms with E-state index in [0.29, 0.717) is 18.5 Å². The van der Waals surface area contributed by atoms with Gasteiger partial charge in [0.1, 0.15) is 5.75 Å². The Kier molecular flexibility index (Phi) is 6.16. The van der Waals surface area contributed by atoms with Crippen molar-refractivity contribution in [3.05, 3.63) is 29.8 Å². The molecular weight excluding hydrogens is 226 g/mol. The quantitative estimate of drug-likeness (QED) is 0.783. The highest BCUT2D eigenvalue weighted by molar-refractivity contribution is 5.28. The molecule has 2 unspecified atom stereocenters. The van der Waals surface area contributed by atoms with Gasteiger partial charge in [-0.3, -0.25) is 0 Å². The minimum Gasteiger partial charge on any atom is -0.497 e. The van der Waals surface area contributed by atoms with E-state index in [1.165, 1.54) is 0 Å². The molecule has 0 aromatic heterocycles. The van der Waals surface area contributed by atoms with Crippen molar-refractivity contribution in [3.63, 3.8) is 0 Å². The Morgan fingerprint density at radius 2 is 1.83 bits per heavy atom. The number of aliphatic hydroxyl groups is 1. The zero-order valence-electron chi connectivity index (χ0n) is 11.8. The van der Waals surface area contributed by atoms with Crippen LogP contribution in [0.15, 0.2) is 24.3 Å². The molecule has 2 N–H and O–H groups in total. The van der Waals surface area contributed by atoms with Gasteiger partial charge in [-0.25, -0.2) is 0 Å². The highest BCUT2D eigenvalue weighted by Gasteiger charge is 2.13. The van der Waals surface area contributed by atoms with Gasteiger partial charge in [-0.15, -0.1) is 0 Å². The van der Waals surface area contributed by atoms with Crippen LogP contribution in [-0.4, -0.2) is 24.8 Å². The molecule has 3 nitrogen and oxygen atoms in total. The molecule has 0 aliphatic carbocycles. The van der Waals surface area contributed by atoms with Crippen molar-refractivity contribution < 1.29 is 9.84 Å².